The molecule has 168 valence electrons. The third-order valence-corrected chi connectivity index (χ3v) is 8.68. The maximum absolute atomic E-state index is 3.59. The van der Waals surface area contributed by atoms with E-state index < -0.39 is 0 Å². The van der Waals surface area contributed by atoms with E-state index in [4.69, 9.17) is 0 Å². The fourth-order valence-corrected chi connectivity index (χ4v) is 6.99. The van der Waals surface area contributed by atoms with E-state index in [0.717, 1.165) is 4.47 Å². The van der Waals surface area contributed by atoms with Crippen molar-refractivity contribution in [1.29, 1.82) is 0 Å². The highest BCUT2D eigenvalue weighted by molar-refractivity contribution is 9.10. The molecule has 1 spiro atoms. The topological polar surface area (TPSA) is 0 Å². The quantitative estimate of drug-likeness (QED) is 0.202. The molecule has 1 heteroatoms. The van der Waals surface area contributed by atoms with Gasteiger partial charge in [0.05, 0.1) is 5.41 Å². The minimum Gasteiger partial charge on any atom is -0.0619 e. The van der Waals surface area contributed by atoms with Crippen molar-refractivity contribution in [2.24, 2.45) is 0 Å². The first-order chi connectivity index (χ1) is 17.8. The normalized spacial score (nSPS) is 13.9. The van der Waals surface area contributed by atoms with E-state index in [0.29, 0.717) is 0 Å². The second-order valence-corrected chi connectivity index (χ2v) is 10.7. The Kier molecular flexibility index (Phi) is 4.10. The maximum atomic E-state index is 3.59. The summed E-state index contributed by atoms with van der Waals surface area (Å²) in [4.78, 5) is 0. The molecule has 2 aliphatic carbocycles. The van der Waals surface area contributed by atoms with Gasteiger partial charge >= 0.3 is 0 Å². The van der Waals surface area contributed by atoms with Crippen molar-refractivity contribution in [1.82, 2.24) is 0 Å². The first kappa shape index (κ1) is 20.3. The summed E-state index contributed by atoms with van der Waals surface area (Å²) in [5.74, 6) is 0. The lowest BCUT2D eigenvalue weighted by Crippen LogP contribution is -2.25. The Hall–Kier alpha value is -3.94. The van der Waals surface area contributed by atoms with Crippen LogP contribution in [-0.2, 0) is 5.41 Å². The summed E-state index contributed by atoms with van der Waals surface area (Å²) >= 11 is 3.59. The standard InChI is InChI=1S/C35H21Br/c36-25-17-13-22(14-18-25)24-15-19-29-33(21-24)35(32-20-16-23-7-1-2-8-26(23)34(29)32)30-11-5-3-9-27(30)28-10-4-6-12-31(28)35/h1-21H. The SMILES string of the molecule is Brc1ccc(-c2ccc3c(c2)C2(c4ccccc4-c4ccccc42)c2ccc4ccccc4c2-3)cc1. The van der Waals surface area contributed by atoms with E-state index in [2.05, 4.69) is 143 Å². The third-order valence-electron chi connectivity index (χ3n) is 8.16. The summed E-state index contributed by atoms with van der Waals surface area (Å²) in [6.45, 7) is 0. The zero-order chi connectivity index (χ0) is 23.9. The molecule has 0 atom stereocenters. The van der Waals surface area contributed by atoms with Crippen molar-refractivity contribution in [2.45, 2.75) is 5.41 Å². The van der Waals surface area contributed by atoms with Crippen LogP contribution in [0, 0.1) is 0 Å². The second kappa shape index (κ2) is 7.29. The first-order valence-corrected chi connectivity index (χ1v) is 13.2. The van der Waals surface area contributed by atoms with Crippen LogP contribution in [0.3, 0.4) is 0 Å². The summed E-state index contributed by atoms with van der Waals surface area (Å²) in [5.41, 5.74) is 13.1. The lowest BCUT2D eigenvalue weighted by molar-refractivity contribution is 0.795. The molecule has 0 saturated carbocycles. The lowest BCUT2D eigenvalue weighted by atomic mass is 9.70. The van der Waals surface area contributed by atoms with Crippen molar-refractivity contribution in [2.75, 3.05) is 0 Å². The second-order valence-electron chi connectivity index (χ2n) is 9.82. The molecule has 36 heavy (non-hydrogen) atoms. The van der Waals surface area contributed by atoms with Crippen LogP contribution in [0.5, 0.6) is 0 Å². The predicted octanol–water partition coefficient (Wildman–Crippen LogP) is 9.61. The molecule has 6 aromatic carbocycles. The number of benzene rings is 6. The molecular weight excluding hydrogens is 500 g/mol. The Labute approximate surface area is 219 Å². The minimum absolute atomic E-state index is 0.326. The van der Waals surface area contributed by atoms with Gasteiger partial charge in [0.1, 0.15) is 0 Å². The van der Waals surface area contributed by atoms with Gasteiger partial charge in [-0.25, -0.2) is 0 Å². The first-order valence-electron chi connectivity index (χ1n) is 12.4. The average molecular weight is 521 g/mol. The number of halogens is 1. The van der Waals surface area contributed by atoms with Crippen LogP contribution in [0.25, 0.3) is 44.2 Å². The van der Waals surface area contributed by atoms with Crippen LogP contribution in [-0.4, -0.2) is 0 Å². The molecular formula is C35H21Br. The van der Waals surface area contributed by atoms with E-state index in [1.165, 1.54) is 66.4 Å². The molecule has 0 aliphatic heterocycles. The molecule has 0 unspecified atom stereocenters. The van der Waals surface area contributed by atoms with Crippen molar-refractivity contribution in [3.05, 3.63) is 154 Å². The van der Waals surface area contributed by atoms with Gasteiger partial charge in [0.2, 0.25) is 0 Å². The van der Waals surface area contributed by atoms with Gasteiger partial charge in [0.15, 0.2) is 0 Å². The smallest absolute Gasteiger partial charge is 0.0619 e. The molecule has 0 radical (unpaired) electrons. The predicted molar refractivity (Wildman–Crippen MR) is 153 cm³/mol. The van der Waals surface area contributed by atoms with Crippen molar-refractivity contribution < 1.29 is 0 Å². The summed E-state index contributed by atoms with van der Waals surface area (Å²) in [5, 5.41) is 2.61. The van der Waals surface area contributed by atoms with Gasteiger partial charge in [-0.2, -0.15) is 0 Å². The number of hydrogen-bond acceptors (Lipinski definition) is 0. The highest BCUT2D eigenvalue weighted by Crippen LogP contribution is 2.64. The fraction of sp³-hybridized carbons (Fsp3) is 0.0286. The molecule has 0 nitrogen and oxygen atoms in total. The summed E-state index contributed by atoms with van der Waals surface area (Å²) < 4.78 is 1.10. The van der Waals surface area contributed by atoms with Gasteiger partial charge < -0.3 is 0 Å². The largest absolute Gasteiger partial charge is 0.0725 e. The number of hydrogen-bond donors (Lipinski definition) is 0. The Morgan fingerprint density at radius 2 is 1.08 bits per heavy atom. The van der Waals surface area contributed by atoms with E-state index in [9.17, 15) is 0 Å². The molecule has 0 heterocycles. The Morgan fingerprint density at radius 1 is 0.444 bits per heavy atom. The fourth-order valence-electron chi connectivity index (χ4n) is 6.73. The summed E-state index contributed by atoms with van der Waals surface area (Å²) in [6, 6.07) is 47.3. The highest BCUT2D eigenvalue weighted by atomic mass is 79.9. The van der Waals surface area contributed by atoms with Crippen molar-refractivity contribution in [3.8, 4) is 33.4 Å². The monoisotopic (exact) mass is 520 g/mol. The zero-order valence-electron chi connectivity index (χ0n) is 19.5. The Morgan fingerprint density at radius 3 is 1.83 bits per heavy atom. The molecule has 8 rings (SSSR count). The van der Waals surface area contributed by atoms with Crippen LogP contribution in [0.4, 0.5) is 0 Å². The van der Waals surface area contributed by atoms with Gasteiger partial charge in [-0.3, -0.25) is 0 Å². The van der Waals surface area contributed by atoms with Gasteiger partial charge in [0, 0.05) is 4.47 Å². The lowest BCUT2D eigenvalue weighted by Gasteiger charge is -2.30. The summed E-state index contributed by atoms with van der Waals surface area (Å²) in [6.07, 6.45) is 0. The van der Waals surface area contributed by atoms with E-state index in [-0.39, 0.29) is 5.41 Å². The zero-order valence-corrected chi connectivity index (χ0v) is 21.1. The minimum atomic E-state index is -0.326. The van der Waals surface area contributed by atoms with E-state index in [1.807, 2.05) is 0 Å². The Balaban J connectivity index is 1.55. The molecule has 0 saturated heterocycles. The Bertz CT molecular complexity index is 1800. The molecule has 0 bridgehead atoms. The van der Waals surface area contributed by atoms with Crippen LogP contribution >= 0.6 is 15.9 Å². The summed E-state index contributed by atoms with van der Waals surface area (Å²) in [7, 11) is 0. The van der Waals surface area contributed by atoms with E-state index in [1.54, 1.807) is 0 Å². The van der Waals surface area contributed by atoms with Gasteiger partial charge in [-0.15, -0.1) is 0 Å². The van der Waals surface area contributed by atoms with Crippen LogP contribution in [0.1, 0.15) is 22.3 Å². The molecule has 0 N–H and O–H groups in total. The average Bonchev–Trinajstić information content (AvgIpc) is 3.40. The number of fused-ring (bicyclic) bond motifs is 12. The van der Waals surface area contributed by atoms with Gasteiger partial charge in [-0.1, -0.05) is 125 Å². The van der Waals surface area contributed by atoms with Crippen LogP contribution in [0.15, 0.2) is 132 Å². The molecule has 0 aromatic heterocycles. The van der Waals surface area contributed by atoms with E-state index >= 15 is 0 Å². The highest BCUT2D eigenvalue weighted by Gasteiger charge is 2.51. The van der Waals surface area contributed by atoms with Gasteiger partial charge in [0.25, 0.3) is 0 Å². The molecule has 0 amide bonds. The third kappa shape index (κ3) is 2.49. The molecule has 2 aliphatic rings. The van der Waals surface area contributed by atoms with Crippen molar-refractivity contribution in [3.63, 3.8) is 0 Å². The molecule has 0 fully saturated rings. The van der Waals surface area contributed by atoms with Crippen molar-refractivity contribution >= 4 is 26.7 Å². The number of rotatable bonds is 1. The molecule has 6 aromatic rings. The van der Waals surface area contributed by atoms with Crippen LogP contribution < -0.4 is 0 Å². The van der Waals surface area contributed by atoms with Crippen LogP contribution in [0.2, 0.25) is 0 Å². The maximum Gasteiger partial charge on any atom is 0.0725 e. The van der Waals surface area contributed by atoms with Gasteiger partial charge in [-0.05, 0) is 84.6 Å².